The maximum atomic E-state index is 13.9. The first-order valence-electron chi connectivity index (χ1n) is 7.85. The van der Waals surface area contributed by atoms with E-state index in [-0.39, 0.29) is 11.1 Å². The molecule has 0 aliphatic carbocycles. The van der Waals surface area contributed by atoms with Crippen molar-refractivity contribution < 1.29 is 8.78 Å². The number of fused-ring (bicyclic) bond motifs is 2. The van der Waals surface area contributed by atoms with E-state index in [9.17, 15) is 8.78 Å². The van der Waals surface area contributed by atoms with Gasteiger partial charge in [0.2, 0.25) is 0 Å². The third-order valence-corrected chi connectivity index (χ3v) is 4.64. The van der Waals surface area contributed by atoms with Gasteiger partial charge in [-0.1, -0.05) is 23.7 Å². The average Bonchev–Trinajstić information content (AvgIpc) is 2.58. The second kappa shape index (κ2) is 5.56. The zero-order valence-electron chi connectivity index (χ0n) is 13.6. The van der Waals surface area contributed by atoms with Crippen LogP contribution in [0.5, 0.6) is 0 Å². The maximum Gasteiger partial charge on any atom is 0.186 e. The van der Waals surface area contributed by atoms with Crippen LogP contribution in [0.15, 0.2) is 41.4 Å². The van der Waals surface area contributed by atoms with Gasteiger partial charge in [-0.15, -0.1) is 10.2 Å². The van der Waals surface area contributed by atoms with Crippen LogP contribution in [0, 0.1) is 11.6 Å². The minimum absolute atomic E-state index is 0.0919. The molecule has 2 heterocycles. The summed E-state index contributed by atoms with van der Waals surface area (Å²) in [6, 6.07) is 9.89. The van der Waals surface area contributed by atoms with Crippen molar-refractivity contribution in [1.82, 2.24) is 10.2 Å². The summed E-state index contributed by atoms with van der Waals surface area (Å²) in [5.74, 6) is -1.94. The minimum atomic E-state index is -0.995. The van der Waals surface area contributed by atoms with E-state index in [1.54, 1.807) is 6.07 Å². The van der Waals surface area contributed by atoms with E-state index in [1.807, 2.05) is 32.0 Å². The predicted octanol–water partition coefficient (Wildman–Crippen LogP) is 4.73. The Morgan fingerprint density at radius 3 is 2.68 bits per heavy atom. The Morgan fingerprint density at radius 1 is 1.08 bits per heavy atom. The molecule has 0 amide bonds. The number of halogens is 3. The quantitative estimate of drug-likeness (QED) is 0.631. The van der Waals surface area contributed by atoms with Gasteiger partial charge in [-0.25, -0.2) is 8.78 Å². The molecule has 0 N–H and O–H groups in total. The van der Waals surface area contributed by atoms with E-state index in [1.165, 1.54) is 6.07 Å². The summed E-state index contributed by atoms with van der Waals surface area (Å²) >= 11 is 6.37. The summed E-state index contributed by atoms with van der Waals surface area (Å²) in [5.41, 5.74) is 2.63. The van der Waals surface area contributed by atoms with Crippen LogP contribution in [0.4, 0.5) is 8.78 Å². The molecule has 1 aromatic heterocycles. The van der Waals surface area contributed by atoms with Gasteiger partial charge in [-0.05, 0) is 50.1 Å². The molecular formula is C19H14ClF2N3. The molecule has 126 valence electrons. The molecule has 25 heavy (non-hydrogen) atoms. The highest BCUT2D eigenvalue weighted by atomic mass is 35.5. The average molecular weight is 358 g/mol. The first kappa shape index (κ1) is 16.1. The van der Waals surface area contributed by atoms with Crippen molar-refractivity contribution in [1.29, 1.82) is 0 Å². The number of aromatic nitrogens is 2. The SMILES string of the molecule is CC1(C)Cc2c(Cl)cccc2C(c2cc3ccc(F)c(F)c3nn2)=N1. The zero-order chi connectivity index (χ0) is 17.8. The number of benzene rings is 2. The van der Waals surface area contributed by atoms with E-state index in [2.05, 4.69) is 10.2 Å². The van der Waals surface area contributed by atoms with Crippen LogP contribution >= 0.6 is 11.6 Å². The number of hydrogen-bond donors (Lipinski definition) is 0. The highest BCUT2D eigenvalue weighted by Gasteiger charge is 2.29. The van der Waals surface area contributed by atoms with E-state index in [4.69, 9.17) is 16.6 Å². The van der Waals surface area contributed by atoms with Crippen LogP contribution in [0.1, 0.15) is 30.7 Å². The van der Waals surface area contributed by atoms with Crippen molar-refractivity contribution in [3.63, 3.8) is 0 Å². The number of nitrogens with zero attached hydrogens (tertiary/aromatic N) is 3. The lowest BCUT2D eigenvalue weighted by Crippen LogP contribution is -2.30. The second-order valence-electron chi connectivity index (χ2n) is 6.74. The fourth-order valence-electron chi connectivity index (χ4n) is 3.16. The topological polar surface area (TPSA) is 38.1 Å². The summed E-state index contributed by atoms with van der Waals surface area (Å²) in [5, 5.41) is 9.13. The molecule has 1 aliphatic rings. The first-order chi connectivity index (χ1) is 11.9. The van der Waals surface area contributed by atoms with Gasteiger partial charge < -0.3 is 0 Å². The lowest BCUT2D eigenvalue weighted by atomic mass is 9.86. The molecule has 0 radical (unpaired) electrons. The molecule has 0 spiro atoms. The number of rotatable bonds is 1. The Bertz CT molecular complexity index is 1040. The van der Waals surface area contributed by atoms with Gasteiger partial charge in [0.15, 0.2) is 11.6 Å². The van der Waals surface area contributed by atoms with E-state index in [0.717, 1.165) is 17.2 Å². The van der Waals surface area contributed by atoms with Gasteiger partial charge in [0.25, 0.3) is 0 Å². The smallest absolute Gasteiger partial charge is 0.186 e. The summed E-state index contributed by atoms with van der Waals surface area (Å²) in [7, 11) is 0. The number of aliphatic imine (C=N–C) groups is 1. The third kappa shape index (κ3) is 2.68. The van der Waals surface area contributed by atoms with Crippen molar-refractivity contribution in [3.8, 4) is 0 Å². The first-order valence-corrected chi connectivity index (χ1v) is 8.23. The van der Waals surface area contributed by atoms with Crippen LogP contribution in [-0.2, 0) is 6.42 Å². The second-order valence-corrected chi connectivity index (χ2v) is 7.15. The van der Waals surface area contributed by atoms with Gasteiger partial charge in [0.1, 0.15) is 11.2 Å². The third-order valence-electron chi connectivity index (χ3n) is 4.29. The molecule has 0 atom stereocenters. The van der Waals surface area contributed by atoms with Crippen molar-refractivity contribution >= 4 is 28.2 Å². The summed E-state index contributed by atoms with van der Waals surface area (Å²) in [6.45, 7) is 4.03. The standard InChI is InChI=1S/C19H14ClF2N3/c1-19(2)9-12-11(4-3-5-13(12)20)18(23-19)15-8-10-6-7-14(21)16(22)17(10)25-24-15/h3-8H,9H2,1-2H3. The Kier molecular flexibility index (Phi) is 3.58. The fraction of sp³-hybridized carbons (Fsp3) is 0.211. The molecule has 6 heteroatoms. The van der Waals surface area contributed by atoms with E-state index < -0.39 is 11.6 Å². The summed E-state index contributed by atoms with van der Waals surface area (Å²) in [6.07, 6.45) is 0.715. The lowest BCUT2D eigenvalue weighted by molar-refractivity contribution is 0.512. The van der Waals surface area contributed by atoms with Crippen LogP contribution in [-0.4, -0.2) is 21.4 Å². The maximum absolute atomic E-state index is 13.9. The summed E-state index contributed by atoms with van der Waals surface area (Å²) < 4.78 is 27.2. The Hall–Kier alpha value is -2.40. The number of hydrogen-bond acceptors (Lipinski definition) is 3. The normalized spacial score (nSPS) is 15.8. The Morgan fingerprint density at radius 2 is 1.88 bits per heavy atom. The molecule has 4 rings (SSSR count). The van der Waals surface area contributed by atoms with Gasteiger partial charge >= 0.3 is 0 Å². The van der Waals surface area contributed by atoms with Crippen molar-refractivity contribution in [2.75, 3.05) is 0 Å². The molecule has 0 unspecified atom stereocenters. The Balaban J connectivity index is 1.94. The van der Waals surface area contributed by atoms with Crippen LogP contribution in [0.3, 0.4) is 0 Å². The van der Waals surface area contributed by atoms with Gasteiger partial charge in [-0.3, -0.25) is 4.99 Å². The van der Waals surface area contributed by atoms with Crippen LogP contribution < -0.4 is 0 Å². The summed E-state index contributed by atoms with van der Waals surface area (Å²) in [4.78, 5) is 4.80. The predicted molar refractivity (Wildman–Crippen MR) is 94.3 cm³/mol. The van der Waals surface area contributed by atoms with Crippen LogP contribution in [0.25, 0.3) is 10.9 Å². The van der Waals surface area contributed by atoms with Crippen molar-refractivity contribution in [2.24, 2.45) is 4.99 Å². The molecule has 3 aromatic rings. The van der Waals surface area contributed by atoms with Gasteiger partial charge in [0.05, 0.1) is 11.3 Å². The molecule has 0 fully saturated rings. The van der Waals surface area contributed by atoms with E-state index >= 15 is 0 Å². The Labute approximate surface area is 148 Å². The molecule has 3 nitrogen and oxygen atoms in total. The minimum Gasteiger partial charge on any atom is -0.276 e. The van der Waals surface area contributed by atoms with Gasteiger partial charge in [0, 0.05) is 16.0 Å². The van der Waals surface area contributed by atoms with Crippen molar-refractivity contribution in [2.45, 2.75) is 25.8 Å². The lowest BCUT2D eigenvalue weighted by Gasteiger charge is -2.29. The highest BCUT2D eigenvalue weighted by Crippen LogP contribution is 2.33. The molecular weight excluding hydrogens is 344 g/mol. The molecule has 1 aliphatic heterocycles. The highest BCUT2D eigenvalue weighted by molar-refractivity contribution is 6.32. The zero-order valence-corrected chi connectivity index (χ0v) is 14.4. The largest absolute Gasteiger partial charge is 0.276 e. The monoisotopic (exact) mass is 357 g/mol. The van der Waals surface area contributed by atoms with E-state index in [0.29, 0.717) is 28.2 Å². The molecule has 0 saturated heterocycles. The molecule has 0 bridgehead atoms. The van der Waals surface area contributed by atoms with Crippen molar-refractivity contribution in [3.05, 3.63) is 69.9 Å². The molecule has 2 aromatic carbocycles. The van der Waals surface area contributed by atoms with Gasteiger partial charge in [-0.2, -0.15) is 0 Å². The molecule has 0 saturated carbocycles. The fourth-order valence-corrected chi connectivity index (χ4v) is 3.40. The van der Waals surface area contributed by atoms with Crippen LogP contribution in [0.2, 0.25) is 5.02 Å².